The molecule has 4 heterocycles. The minimum atomic E-state index is 0.441. The van der Waals surface area contributed by atoms with Gasteiger partial charge in [0.1, 0.15) is 11.4 Å². The molecule has 7 heteroatoms. The Balaban J connectivity index is 1.23. The summed E-state index contributed by atoms with van der Waals surface area (Å²) in [5.74, 6) is 0. The molecule has 0 radical (unpaired) electrons. The Bertz CT molecular complexity index is 1130. The van der Waals surface area contributed by atoms with Crippen molar-refractivity contribution in [1.82, 2.24) is 30.1 Å². The van der Waals surface area contributed by atoms with E-state index in [1.54, 1.807) is 4.68 Å². The van der Waals surface area contributed by atoms with Crippen molar-refractivity contribution in [1.29, 1.82) is 0 Å². The van der Waals surface area contributed by atoms with E-state index >= 15 is 0 Å². The second-order valence-corrected chi connectivity index (χ2v) is 7.61. The first-order chi connectivity index (χ1) is 13.8. The fraction of sp³-hybridized carbons (Fsp3) is 0.286. The van der Waals surface area contributed by atoms with Crippen LogP contribution in [-0.2, 0) is 11.3 Å². The van der Waals surface area contributed by atoms with E-state index in [2.05, 4.69) is 49.7 Å². The topological polar surface area (TPSA) is 71.9 Å². The fourth-order valence-electron chi connectivity index (χ4n) is 4.32. The molecule has 4 aromatic rings. The Labute approximate surface area is 161 Å². The Hall–Kier alpha value is -3.03. The van der Waals surface area contributed by atoms with Crippen molar-refractivity contribution in [3.8, 4) is 17.1 Å². The molecule has 1 N–H and O–H groups in total. The number of aromatic amines is 1. The Morgan fingerprint density at radius 3 is 2.82 bits per heavy atom. The van der Waals surface area contributed by atoms with E-state index < -0.39 is 0 Å². The molecule has 2 atom stereocenters. The summed E-state index contributed by atoms with van der Waals surface area (Å²) < 4.78 is 7.49. The predicted molar refractivity (Wildman–Crippen MR) is 105 cm³/mol. The number of aromatic nitrogens is 5. The number of H-pyrrole nitrogens is 1. The summed E-state index contributed by atoms with van der Waals surface area (Å²) in [6, 6.07) is 17.2. The molecule has 2 saturated heterocycles. The quantitative estimate of drug-likeness (QED) is 0.596. The summed E-state index contributed by atoms with van der Waals surface area (Å²) in [4.78, 5) is 2.53. The van der Waals surface area contributed by atoms with Crippen LogP contribution in [-0.4, -0.2) is 55.4 Å². The Morgan fingerprint density at radius 1 is 1.11 bits per heavy atom. The summed E-state index contributed by atoms with van der Waals surface area (Å²) in [6.07, 6.45) is 3.55. The van der Waals surface area contributed by atoms with Crippen molar-refractivity contribution in [3.05, 3.63) is 60.3 Å². The van der Waals surface area contributed by atoms with E-state index in [-0.39, 0.29) is 0 Å². The predicted octanol–water partition coefficient (Wildman–Crippen LogP) is 2.78. The second-order valence-electron chi connectivity index (χ2n) is 7.61. The Morgan fingerprint density at radius 2 is 2.00 bits per heavy atom. The third-order valence-corrected chi connectivity index (χ3v) is 5.81. The summed E-state index contributed by atoms with van der Waals surface area (Å²) in [6.45, 7) is 2.91. The fourth-order valence-corrected chi connectivity index (χ4v) is 4.32. The van der Waals surface area contributed by atoms with Gasteiger partial charge in [-0.25, -0.2) is 4.68 Å². The molecule has 2 aromatic carbocycles. The maximum Gasteiger partial charge on any atom is 0.134 e. The largest absolute Gasteiger partial charge is 0.375 e. The van der Waals surface area contributed by atoms with Crippen LogP contribution in [0.25, 0.3) is 28.0 Å². The van der Waals surface area contributed by atoms with Gasteiger partial charge in [-0.3, -0.25) is 10.00 Å². The van der Waals surface area contributed by atoms with Crippen LogP contribution >= 0.6 is 0 Å². The summed E-state index contributed by atoms with van der Waals surface area (Å²) in [5, 5.41) is 17.1. The number of rotatable bonds is 4. The van der Waals surface area contributed by atoms with Crippen LogP contribution < -0.4 is 0 Å². The van der Waals surface area contributed by atoms with Gasteiger partial charge in [0, 0.05) is 24.5 Å². The molecule has 0 spiro atoms. The van der Waals surface area contributed by atoms with Crippen LogP contribution in [0.5, 0.6) is 0 Å². The lowest BCUT2D eigenvalue weighted by Gasteiger charge is -2.26. The monoisotopic (exact) mass is 372 g/mol. The van der Waals surface area contributed by atoms with Gasteiger partial charge in [0.2, 0.25) is 0 Å². The molecule has 2 aliphatic heterocycles. The zero-order valence-electron chi connectivity index (χ0n) is 15.3. The van der Waals surface area contributed by atoms with Crippen LogP contribution in [0.1, 0.15) is 12.0 Å². The van der Waals surface area contributed by atoms with Crippen molar-refractivity contribution in [2.45, 2.75) is 25.1 Å². The van der Waals surface area contributed by atoms with Gasteiger partial charge in [-0.2, -0.15) is 5.10 Å². The number of nitrogens with one attached hydrogen (secondary N) is 1. The van der Waals surface area contributed by atoms with Crippen molar-refractivity contribution in [2.24, 2.45) is 0 Å². The van der Waals surface area contributed by atoms with Crippen LogP contribution in [0.2, 0.25) is 0 Å². The van der Waals surface area contributed by atoms with Crippen LogP contribution in [0.3, 0.4) is 0 Å². The van der Waals surface area contributed by atoms with Gasteiger partial charge in [0.25, 0.3) is 0 Å². The molecule has 2 aromatic heterocycles. The first kappa shape index (κ1) is 16.0. The molecule has 2 bridgehead atoms. The number of hydrogen-bond acceptors (Lipinski definition) is 5. The zero-order valence-corrected chi connectivity index (χ0v) is 15.3. The molecular formula is C21H20N6O. The van der Waals surface area contributed by atoms with E-state index in [4.69, 9.17) is 4.74 Å². The summed E-state index contributed by atoms with van der Waals surface area (Å²) in [5.41, 5.74) is 4.89. The maximum absolute atomic E-state index is 5.69. The smallest absolute Gasteiger partial charge is 0.134 e. The number of para-hydroxylation sites is 1. The van der Waals surface area contributed by atoms with Crippen LogP contribution in [0.15, 0.2) is 54.7 Å². The molecule has 2 aliphatic rings. The van der Waals surface area contributed by atoms with Crippen LogP contribution in [0, 0.1) is 0 Å². The van der Waals surface area contributed by atoms with E-state index in [0.29, 0.717) is 12.1 Å². The molecule has 7 nitrogen and oxygen atoms in total. The molecule has 140 valence electrons. The van der Waals surface area contributed by atoms with E-state index in [0.717, 1.165) is 47.7 Å². The first-order valence-electron chi connectivity index (χ1n) is 9.64. The number of fused-ring (bicyclic) bond motifs is 3. The number of likely N-dealkylation sites (tertiary alicyclic amines) is 1. The molecule has 6 rings (SSSR count). The van der Waals surface area contributed by atoms with Gasteiger partial charge in [0.05, 0.1) is 30.1 Å². The Kier molecular flexibility index (Phi) is 3.57. The van der Waals surface area contributed by atoms with Gasteiger partial charge in [-0.05, 0) is 30.2 Å². The van der Waals surface area contributed by atoms with Gasteiger partial charge in [0.15, 0.2) is 0 Å². The lowest BCUT2D eigenvalue weighted by molar-refractivity contribution is 0.0273. The van der Waals surface area contributed by atoms with E-state index in [9.17, 15) is 0 Å². The third-order valence-electron chi connectivity index (χ3n) is 5.81. The molecule has 0 saturated carbocycles. The maximum atomic E-state index is 5.69. The van der Waals surface area contributed by atoms with E-state index in [1.807, 2.05) is 30.5 Å². The average molecular weight is 372 g/mol. The lowest BCUT2D eigenvalue weighted by Crippen LogP contribution is -2.36. The molecule has 2 fully saturated rings. The third kappa shape index (κ3) is 2.63. The highest BCUT2D eigenvalue weighted by Crippen LogP contribution is 2.29. The van der Waals surface area contributed by atoms with Crippen molar-refractivity contribution >= 4 is 10.9 Å². The number of morpholine rings is 1. The first-order valence-corrected chi connectivity index (χ1v) is 9.64. The minimum Gasteiger partial charge on any atom is -0.375 e. The lowest BCUT2D eigenvalue weighted by atomic mass is 10.1. The molecule has 0 amide bonds. The standard InChI is InChI=1S/C21H20N6O/c1-2-4-19-18(3-1)21(24-22-19)20-12-27(25-23-20)15-7-5-14(6-8-15)10-26-11-17-9-16(26)13-28-17/h1-8,12,16-17H,9-11,13H2,(H,22,24)/t16-,17-/m0/s1. The highest BCUT2D eigenvalue weighted by molar-refractivity contribution is 5.91. The van der Waals surface area contributed by atoms with Crippen LogP contribution in [0.4, 0.5) is 0 Å². The van der Waals surface area contributed by atoms with Gasteiger partial charge >= 0.3 is 0 Å². The molecular weight excluding hydrogens is 352 g/mol. The SMILES string of the molecule is c1ccc2c(-c3cn(-c4ccc(CN5C[C@@H]6C[C@H]5CO6)cc4)nn3)n[nH]c2c1. The second kappa shape index (κ2) is 6.25. The molecule has 0 aliphatic carbocycles. The minimum absolute atomic E-state index is 0.441. The van der Waals surface area contributed by atoms with Crippen molar-refractivity contribution in [3.63, 3.8) is 0 Å². The number of ether oxygens (including phenoxy) is 1. The number of nitrogens with zero attached hydrogens (tertiary/aromatic N) is 5. The summed E-state index contributed by atoms with van der Waals surface area (Å²) >= 11 is 0. The van der Waals surface area contributed by atoms with Gasteiger partial charge in [-0.15, -0.1) is 5.10 Å². The highest BCUT2D eigenvalue weighted by Gasteiger charge is 2.38. The number of benzene rings is 2. The van der Waals surface area contributed by atoms with Gasteiger partial charge < -0.3 is 4.74 Å². The highest BCUT2D eigenvalue weighted by atomic mass is 16.5. The zero-order chi connectivity index (χ0) is 18.5. The normalized spacial score (nSPS) is 21.7. The molecule has 28 heavy (non-hydrogen) atoms. The molecule has 0 unspecified atom stereocenters. The average Bonchev–Trinajstić information content (AvgIpc) is 3.51. The van der Waals surface area contributed by atoms with Crippen molar-refractivity contribution < 1.29 is 4.74 Å². The van der Waals surface area contributed by atoms with Gasteiger partial charge in [-0.1, -0.05) is 35.5 Å². The summed E-state index contributed by atoms with van der Waals surface area (Å²) in [7, 11) is 0. The van der Waals surface area contributed by atoms with Crippen molar-refractivity contribution in [2.75, 3.05) is 13.2 Å². The number of hydrogen-bond donors (Lipinski definition) is 1. The van der Waals surface area contributed by atoms with E-state index in [1.165, 1.54) is 12.0 Å².